The van der Waals surface area contributed by atoms with E-state index in [1.807, 2.05) is 84.0 Å². The van der Waals surface area contributed by atoms with Crippen LogP contribution >= 0.6 is 0 Å². The van der Waals surface area contributed by atoms with Gasteiger partial charge in [-0.25, -0.2) is 4.79 Å². The maximum atomic E-state index is 14.7. The predicted octanol–water partition coefficient (Wildman–Crippen LogP) is 8.02. The summed E-state index contributed by atoms with van der Waals surface area (Å²) in [6.07, 6.45) is 6.41. The summed E-state index contributed by atoms with van der Waals surface area (Å²) in [6, 6.07) is 8.07. The Morgan fingerprint density at radius 2 is 1.56 bits per heavy atom. The van der Waals surface area contributed by atoms with E-state index in [2.05, 4.69) is 31.4 Å². The highest BCUT2D eigenvalue weighted by molar-refractivity contribution is 5.89. The van der Waals surface area contributed by atoms with Crippen molar-refractivity contribution < 1.29 is 53.4 Å². The molecule has 2 amide bonds. The third-order valence-corrected chi connectivity index (χ3v) is 15.8. The van der Waals surface area contributed by atoms with E-state index < -0.39 is 95.0 Å². The van der Waals surface area contributed by atoms with Gasteiger partial charge >= 0.3 is 12.0 Å². The summed E-state index contributed by atoms with van der Waals surface area (Å²) in [5.41, 5.74) is -1.09. The lowest BCUT2D eigenvalue weighted by atomic mass is 9.72. The van der Waals surface area contributed by atoms with Gasteiger partial charge in [0.1, 0.15) is 11.8 Å². The number of carbonyl (C=O) groups excluding carboxylic acids is 2. The topological polar surface area (TPSA) is 182 Å². The molecule has 5 aliphatic rings. The van der Waals surface area contributed by atoms with E-state index in [-0.39, 0.29) is 29.6 Å². The van der Waals surface area contributed by atoms with Crippen molar-refractivity contribution in [2.45, 2.75) is 199 Å². The molecule has 4 fully saturated rings. The van der Waals surface area contributed by atoms with Crippen LogP contribution < -0.4 is 10.6 Å². The second kappa shape index (κ2) is 19.3. The van der Waals surface area contributed by atoms with Crippen molar-refractivity contribution in [2.75, 3.05) is 5.32 Å². The lowest BCUT2D eigenvalue weighted by molar-refractivity contribution is -0.397. The summed E-state index contributed by atoms with van der Waals surface area (Å²) in [6.45, 7) is 19.6. The van der Waals surface area contributed by atoms with Crippen molar-refractivity contribution in [3.8, 4) is 0 Å². The van der Waals surface area contributed by atoms with Crippen LogP contribution in [0.2, 0.25) is 0 Å². The molecule has 62 heavy (non-hydrogen) atoms. The van der Waals surface area contributed by atoms with Crippen LogP contribution in [0.1, 0.15) is 133 Å². The smallest absolute Gasteiger partial charge is 0.319 e. The van der Waals surface area contributed by atoms with Gasteiger partial charge in [0.15, 0.2) is 11.6 Å². The normalized spacial score (nSPS) is 40.9. The second-order valence-corrected chi connectivity index (χ2v) is 19.9. The Morgan fingerprint density at radius 1 is 0.871 bits per heavy atom. The van der Waals surface area contributed by atoms with Crippen LogP contribution in [0.3, 0.4) is 0 Å². The zero-order valence-corrected chi connectivity index (χ0v) is 38.8. The van der Waals surface area contributed by atoms with Crippen molar-refractivity contribution in [3.63, 3.8) is 0 Å². The Bertz CT molecular complexity index is 1750. The second-order valence-electron chi connectivity index (χ2n) is 19.9. The summed E-state index contributed by atoms with van der Waals surface area (Å²) in [5.74, 6) is -6.09. The molecule has 1 aromatic rings. The zero-order chi connectivity index (χ0) is 45.4. The number of Topliss-reactive ketones (excluding diaryl/α,β-unsaturated/α-hetero) is 1. The van der Waals surface area contributed by atoms with E-state index in [1.54, 1.807) is 6.92 Å². The molecular formula is C49H76N2O11. The summed E-state index contributed by atoms with van der Waals surface area (Å²) in [5, 5.41) is 39.0. The minimum atomic E-state index is -1.36. The number of aliphatic carboxylic acids is 1. The molecule has 13 nitrogen and oxygen atoms in total. The SMILES string of the molecule is CCC(C(=O)[C@@H](C)[C@@H](O)[C@H](C)[C@@H]1O[C@@H]([C@@H](CC)C(=O)O)CC[C@@H]1C)[C@H]1O[C@]2(C=C[C@@H](NC(=O)Nc3ccccc3)[C@]3(CC[C@@](C)([C@H]4CC[C@](O)(CC)[C@H](C)O4)O3)O2)[C@H](C)C[C@@H]1C. The van der Waals surface area contributed by atoms with Crippen molar-refractivity contribution in [1.82, 2.24) is 5.32 Å². The third kappa shape index (κ3) is 9.56. The number of carboxylic acids is 1. The first-order valence-electron chi connectivity index (χ1n) is 23.6. The number of amides is 2. The van der Waals surface area contributed by atoms with Crippen LogP contribution in [0, 0.1) is 41.4 Å². The molecule has 0 saturated carbocycles. The maximum Gasteiger partial charge on any atom is 0.319 e. The monoisotopic (exact) mass is 869 g/mol. The number of aliphatic hydroxyl groups is 2. The van der Waals surface area contributed by atoms with Crippen LogP contribution in [-0.4, -0.2) is 98.5 Å². The molecule has 18 atom stereocenters. The fraction of sp³-hybridized carbons (Fsp3) is 0.776. The van der Waals surface area contributed by atoms with Crippen molar-refractivity contribution >= 4 is 23.5 Å². The van der Waals surface area contributed by atoms with Crippen LogP contribution in [0.5, 0.6) is 0 Å². The number of hydrogen-bond donors (Lipinski definition) is 5. The Hall–Kier alpha value is -2.91. The van der Waals surface area contributed by atoms with Gasteiger partial charge in [-0.3, -0.25) is 9.59 Å². The van der Waals surface area contributed by atoms with Gasteiger partial charge in [0, 0.05) is 35.8 Å². The third-order valence-electron chi connectivity index (χ3n) is 15.8. The summed E-state index contributed by atoms with van der Waals surface area (Å²) < 4.78 is 34.6. The van der Waals surface area contributed by atoms with Crippen LogP contribution in [-0.2, 0) is 33.3 Å². The van der Waals surface area contributed by atoms with E-state index in [0.29, 0.717) is 63.5 Å². The number of urea groups is 1. The quantitative estimate of drug-likeness (QED) is 0.114. The predicted molar refractivity (Wildman–Crippen MR) is 235 cm³/mol. The zero-order valence-electron chi connectivity index (χ0n) is 38.8. The van der Waals surface area contributed by atoms with Gasteiger partial charge in [0.2, 0.25) is 0 Å². The fourth-order valence-corrected chi connectivity index (χ4v) is 11.5. The van der Waals surface area contributed by atoms with E-state index in [0.717, 1.165) is 6.42 Å². The van der Waals surface area contributed by atoms with E-state index in [1.165, 1.54) is 0 Å². The molecule has 2 spiro atoms. The molecule has 4 saturated heterocycles. The van der Waals surface area contributed by atoms with Gasteiger partial charge in [0.05, 0.1) is 53.7 Å². The molecule has 13 heteroatoms. The van der Waals surface area contributed by atoms with Gasteiger partial charge in [-0.05, 0) is 102 Å². The van der Waals surface area contributed by atoms with E-state index >= 15 is 0 Å². The molecule has 5 N–H and O–H groups in total. The van der Waals surface area contributed by atoms with Crippen molar-refractivity contribution in [1.29, 1.82) is 0 Å². The number of para-hydroxylation sites is 1. The first-order valence-corrected chi connectivity index (χ1v) is 23.6. The molecule has 0 radical (unpaired) electrons. The minimum absolute atomic E-state index is 0.0274. The Balaban J connectivity index is 1.24. The number of benzene rings is 1. The highest BCUT2D eigenvalue weighted by Crippen LogP contribution is 2.54. The lowest BCUT2D eigenvalue weighted by Crippen LogP contribution is -2.66. The van der Waals surface area contributed by atoms with Crippen LogP contribution in [0.4, 0.5) is 10.5 Å². The number of carbonyl (C=O) groups is 3. The molecule has 0 aliphatic carbocycles. The van der Waals surface area contributed by atoms with E-state index in [4.69, 9.17) is 23.7 Å². The van der Waals surface area contributed by atoms with Crippen LogP contribution in [0.15, 0.2) is 42.5 Å². The van der Waals surface area contributed by atoms with Crippen LogP contribution in [0.25, 0.3) is 0 Å². The van der Waals surface area contributed by atoms with E-state index in [9.17, 15) is 29.7 Å². The largest absolute Gasteiger partial charge is 0.481 e. The van der Waals surface area contributed by atoms with Gasteiger partial charge in [-0.2, -0.15) is 0 Å². The molecular weight excluding hydrogens is 793 g/mol. The maximum absolute atomic E-state index is 14.7. The molecule has 0 bridgehead atoms. The Labute approximate surface area is 369 Å². The van der Waals surface area contributed by atoms with Crippen molar-refractivity contribution in [3.05, 3.63) is 42.5 Å². The molecule has 5 heterocycles. The number of nitrogens with one attached hydrogen (secondary N) is 2. The Kier molecular flexibility index (Phi) is 15.1. The number of aliphatic hydroxyl groups excluding tert-OH is 1. The highest BCUT2D eigenvalue weighted by Gasteiger charge is 2.63. The highest BCUT2D eigenvalue weighted by atomic mass is 16.8. The molecule has 1 aromatic carbocycles. The average molecular weight is 869 g/mol. The molecule has 1 unspecified atom stereocenters. The summed E-state index contributed by atoms with van der Waals surface area (Å²) in [7, 11) is 0. The fourth-order valence-electron chi connectivity index (χ4n) is 11.5. The lowest BCUT2D eigenvalue weighted by Gasteiger charge is -2.55. The standard InChI is InChI=1S/C49H76N2O11/c1-11-35(44(54)55)37-20-19-28(4)42(59-37)32(8)40(52)31(7)41(53)36(12-2)43-29(5)27-30(6)48(60-43)24-21-38(51-45(56)50-34-17-15-14-16-18-34)49(62-48)26-25-46(10,61-49)39-22-23-47(57,13-3)33(9)58-39/h14-18,21,24,28-33,35-40,42-43,52,57H,11-13,19-20,22-23,25-27H2,1-10H3,(H,54,55)(H2,50,51,56)/t28-,29-,30+,31-,32-,33-,35+,36?,37+,38+,39+,40+,42+,43-,46-,47+,48-,49-/m0/s1. The minimum Gasteiger partial charge on any atom is -0.481 e. The number of ether oxygens (including phenoxy) is 5. The summed E-state index contributed by atoms with van der Waals surface area (Å²) >= 11 is 0. The molecule has 0 aromatic heterocycles. The van der Waals surface area contributed by atoms with Crippen molar-refractivity contribution in [2.24, 2.45) is 41.4 Å². The average Bonchev–Trinajstić information content (AvgIpc) is 3.59. The summed E-state index contributed by atoms with van der Waals surface area (Å²) in [4.78, 5) is 40.3. The van der Waals surface area contributed by atoms with Gasteiger partial charge in [0.25, 0.3) is 0 Å². The van der Waals surface area contributed by atoms with Gasteiger partial charge in [-0.15, -0.1) is 0 Å². The van der Waals surface area contributed by atoms with Gasteiger partial charge in [-0.1, -0.05) is 79.7 Å². The first-order chi connectivity index (χ1) is 29.3. The Morgan fingerprint density at radius 3 is 2.19 bits per heavy atom. The molecule has 5 aliphatic heterocycles. The first kappa shape index (κ1) is 48.5. The van der Waals surface area contributed by atoms with Gasteiger partial charge < -0.3 is 49.6 Å². The number of hydrogen-bond acceptors (Lipinski definition) is 10. The number of ketones is 1. The number of rotatable bonds is 14. The number of carboxylic acid groups (broad SMARTS) is 1. The molecule has 348 valence electrons. The molecule has 6 rings (SSSR count). The number of anilines is 1.